The third-order valence-electron chi connectivity index (χ3n) is 3.40. The minimum Gasteiger partial charge on any atom is -0.361 e. The summed E-state index contributed by atoms with van der Waals surface area (Å²) in [5.74, 6) is 0.0140. The van der Waals surface area contributed by atoms with Gasteiger partial charge in [0.1, 0.15) is 0 Å². The van der Waals surface area contributed by atoms with Gasteiger partial charge in [0, 0.05) is 17.1 Å². The van der Waals surface area contributed by atoms with Gasteiger partial charge in [-0.1, -0.05) is 35.9 Å². The van der Waals surface area contributed by atoms with Gasteiger partial charge in [0.2, 0.25) is 0 Å². The summed E-state index contributed by atoms with van der Waals surface area (Å²) in [5, 5.41) is 0.961. The summed E-state index contributed by atoms with van der Waals surface area (Å²) in [6.45, 7) is 1.94. The number of sulfone groups is 1. The standard InChI is InChI=1S/C16H15NO2S/c1-12-6-8-14(9-7-12)20(18,19)11-13-10-17-16-5-3-2-4-15(13)16/h2-10,17H,11H2,1H3. The third-order valence-corrected chi connectivity index (χ3v) is 5.08. The van der Waals surface area contributed by atoms with Crippen molar-refractivity contribution in [1.82, 2.24) is 4.98 Å². The molecule has 1 aromatic heterocycles. The van der Waals surface area contributed by atoms with Crippen LogP contribution in [0.15, 0.2) is 59.6 Å². The van der Waals surface area contributed by atoms with E-state index in [0.29, 0.717) is 4.90 Å². The highest BCUT2D eigenvalue weighted by atomic mass is 32.2. The number of fused-ring (bicyclic) bond motifs is 1. The van der Waals surface area contributed by atoms with E-state index in [-0.39, 0.29) is 5.75 Å². The average molecular weight is 285 g/mol. The number of benzene rings is 2. The number of aromatic amines is 1. The fourth-order valence-electron chi connectivity index (χ4n) is 2.28. The van der Waals surface area contributed by atoms with Gasteiger partial charge in [-0.15, -0.1) is 0 Å². The third kappa shape index (κ3) is 2.34. The zero-order valence-corrected chi connectivity index (χ0v) is 11.9. The van der Waals surface area contributed by atoms with E-state index in [1.165, 1.54) is 0 Å². The van der Waals surface area contributed by atoms with Gasteiger partial charge in [0.15, 0.2) is 9.84 Å². The van der Waals surface area contributed by atoms with Crippen molar-refractivity contribution < 1.29 is 8.42 Å². The van der Waals surface area contributed by atoms with Crippen molar-refractivity contribution >= 4 is 20.7 Å². The maximum Gasteiger partial charge on any atom is 0.182 e. The van der Waals surface area contributed by atoms with Crippen LogP contribution in [0.3, 0.4) is 0 Å². The molecule has 0 fully saturated rings. The summed E-state index contributed by atoms with van der Waals surface area (Å²) in [6.07, 6.45) is 1.77. The minimum atomic E-state index is -3.31. The smallest absolute Gasteiger partial charge is 0.182 e. The Balaban J connectivity index is 1.99. The number of H-pyrrole nitrogens is 1. The average Bonchev–Trinajstić information content (AvgIpc) is 2.82. The van der Waals surface area contributed by atoms with E-state index in [2.05, 4.69) is 4.98 Å². The first-order valence-corrected chi connectivity index (χ1v) is 8.06. The summed E-state index contributed by atoms with van der Waals surface area (Å²) in [7, 11) is -3.31. The molecule has 3 nitrogen and oxygen atoms in total. The molecule has 0 aliphatic carbocycles. The van der Waals surface area contributed by atoms with Crippen LogP contribution in [-0.4, -0.2) is 13.4 Å². The summed E-state index contributed by atoms with van der Waals surface area (Å²) in [5.41, 5.74) is 2.82. The zero-order chi connectivity index (χ0) is 14.2. The number of hydrogen-bond donors (Lipinski definition) is 1. The highest BCUT2D eigenvalue weighted by Gasteiger charge is 2.17. The van der Waals surface area contributed by atoms with E-state index in [0.717, 1.165) is 22.0 Å². The quantitative estimate of drug-likeness (QED) is 0.801. The van der Waals surface area contributed by atoms with Crippen molar-refractivity contribution in [2.45, 2.75) is 17.6 Å². The molecule has 0 aliphatic rings. The molecule has 20 heavy (non-hydrogen) atoms. The van der Waals surface area contributed by atoms with Crippen molar-refractivity contribution in [3.05, 3.63) is 65.9 Å². The number of rotatable bonds is 3. The summed E-state index contributed by atoms with van der Waals surface area (Å²) in [6, 6.07) is 14.7. The molecule has 0 amide bonds. The summed E-state index contributed by atoms with van der Waals surface area (Å²) in [4.78, 5) is 3.48. The Hall–Kier alpha value is -2.07. The van der Waals surface area contributed by atoms with Gasteiger partial charge >= 0.3 is 0 Å². The lowest BCUT2D eigenvalue weighted by molar-refractivity contribution is 0.595. The first kappa shape index (κ1) is 12.9. The molecule has 0 unspecified atom stereocenters. The Kier molecular flexibility index (Phi) is 3.10. The van der Waals surface area contributed by atoms with Crippen LogP contribution >= 0.6 is 0 Å². The number of nitrogens with one attached hydrogen (secondary N) is 1. The Morgan fingerprint density at radius 2 is 1.70 bits per heavy atom. The lowest BCUT2D eigenvalue weighted by atomic mass is 10.2. The van der Waals surface area contributed by atoms with Crippen LogP contribution in [0.2, 0.25) is 0 Å². The summed E-state index contributed by atoms with van der Waals surface area (Å²) < 4.78 is 24.9. The summed E-state index contributed by atoms with van der Waals surface area (Å²) >= 11 is 0. The highest BCUT2D eigenvalue weighted by molar-refractivity contribution is 7.90. The van der Waals surface area contributed by atoms with Crippen molar-refractivity contribution in [3.8, 4) is 0 Å². The van der Waals surface area contributed by atoms with Crippen LogP contribution in [0.5, 0.6) is 0 Å². The van der Waals surface area contributed by atoms with Crippen molar-refractivity contribution in [2.24, 2.45) is 0 Å². The molecule has 4 heteroatoms. The van der Waals surface area contributed by atoms with E-state index in [1.54, 1.807) is 18.3 Å². The second-order valence-corrected chi connectivity index (χ2v) is 6.92. The molecule has 0 bridgehead atoms. The first-order valence-electron chi connectivity index (χ1n) is 6.41. The van der Waals surface area contributed by atoms with E-state index >= 15 is 0 Å². The largest absolute Gasteiger partial charge is 0.361 e. The topological polar surface area (TPSA) is 49.9 Å². The molecule has 3 rings (SSSR count). The molecule has 1 heterocycles. The lowest BCUT2D eigenvalue weighted by Crippen LogP contribution is -2.04. The molecule has 0 saturated heterocycles. The van der Waals surface area contributed by atoms with Crippen molar-refractivity contribution in [3.63, 3.8) is 0 Å². The van der Waals surface area contributed by atoms with Crippen LogP contribution in [-0.2, 0) is 15.6 Å². The fraction of sp³-hybridized carbons (Fsp3) is 0.125. The molecule has 1 N–H and O–H groups in total. The SMILES string of the molecule is Cc1ccc(S(=O)(=O)Cc2c[nH]c3ccccc23)cc1. The number of aryl methyl sites for hydroxylation is 1. The Bertz CT molecular complexity index is 846. The van der Waals surface area contributed by atoms with E-state index in [1.807, 2.05) is 43.3 Å². The van der Waals surface area contributed by atoms with Crippen LogP contribution in [0.25, 0.3) is 10.9 Å². The monoisotopic (exact) mass is 285 g/mol. The fourth-order valence-corrected chi connectivity index (χ4v) is 3.65. The zero-order valence-electron chi connectivity index (χ0n) is 11.1. The Morgan fingerprint density at radius 3 is 2.45 bits per heavy atom. The number of aromatic nitrogens is 1. The van der Waals surface area contributed by atoms with Gasteiger partial charge in [-0.25, -0.2) is 8.42 Å². The molecule has 0 spiro atoms. The highest BCUT2D eigenvalue weighted by Crippen LogP contribution is 2.23. The molecular weight excluding hydrogens is 270 g/mol. The van der Waals surface area contributed by atoms with Gasteiger partial charge in [-0.3, -0.25) is 0 Å². The first-order chi connectivity index (χ1) is 9.56. The normalized spacial score (nSPS) is 11.8. The number of para-hydroxylation sites is 1. The molecule has 3 aromatic rings. The van der Waals surface area contributed by atoms with Gasteiger partial charge in [-0.2, -0.15) is 0 Å². The van der Waals surface area contributed by atoms with E-state index in [4.69, 9.17) is 0 Å². The van der Waals surface area contributed by atoms with Gasteiger partial charge in [-0.05, 0) is 30.7 Å². The predicted molar refractivity (Wildman–Crippen MR) is 80.4 cm³/mol. The van der Waals surface area contributed by atoms with Crippen LogP contribution in [0.4, 0.5) is 0 Å². The molecule has 0 atom stereocenters. The van der Waals surface area contributed by atoms with E-state index in [9.17, 15) is 8.42 Å². The van der Waals surface area contributed by atoms with Crippen LogP contribution in [0, 0.1) is 6.92 Å². The number of hydrogen-bond acceptors (Lipinski definition) is 2. The molecule has 0 aliphatic heterocycles. The molecule has 0 radical (unpaired) electrons. The molecular formula is C16H15NO2S. The maximum absolute atomic E-state index is 12.4. The maximum atomic E-state index is 12.4. The second-order valence-electron chi connectivity index (χ2n) is 4.93. The van der Waals surface area contributed by atoms with Crippen molar-refractivity contribution in [1.29, 1.82) is 0 Å². The lowest BCUT2D eigenvalue weighted by Gasteiger charge is -2.04. The Labute approximate surface area is 118 Å². The van der Waals surface area contributed by atoms with Crippen molar-refractivity contribution in [2.75, 3.05) is 0 Å². The van der Waals surface area contributed by atoms with Gasteiger partial charge < -0.3 is 4.98 Å². The predicted octanol–water partition coefficient (Wildman–Crippen LogP) is 3.45. The van der Waals surface area contributed by atoms with Gasteiger partial charge in [0.25, 0.3) is 0 Å². The van der Waals surface area contributed by atoms with Crippen LogP contribution < -0.4 is 0 Å². The van der Waals surface area contributed by atoms with Gasteiger partial charge in [0.05, 0.1) is 10.6 Å². The van der Waals surface area contributed by atoms with Crippen LogP contribution in [0.1, 0.15) is 11.1 Å². The second kappa shape index (κ2) is 4.80. The molecule has 0 saturated carbocycles. The molecule has 102 valence electrons. The minimum absolute atomic E-state index is 0.0140. The Morgan fingerprint density at radius 1 is 1.00 bits per heavy atom. The van der Waals surface area contributed by atoms with E-state index < -0.39 is 9.84 Å². The molecule has 2 aromatic carbocycles.